The third-order valence-corrected chi connectivity index (χ3v) is 7.59. The molecule has 0 spiro atoms. The Bertz CT molecular complexity index is 1180. The Hall–Kier alpha value is -3.68. The number of hydrogen-bond acceptors (Lipinski definition) is 5. The summed E-state index contributed by atoms with van der Waals surface area (Å²) in [5.74, 6) is -0.536. The van der Waals surface area contributed by atoms with Crippen LogP contribution in [0.4, 0.5) is 5.69 Å². The number of carbonyl (C=O) groups is 2. The second-order valence-corrected chi connectivity index (χ2v) is 9.95. The number of anilines is 1. The molecule has 0 aromatic heterocycles. The van der Waals surface area contributed by atoms with E-state index in [0.717, 1.165) is 25.9 Å². The van der Waals surface area contributed by atoms with Crippen LogP contribution in [0.2, 0.25) is 0 Å². The summed E-state index contributed by atoms with van der Waals surface area (Å²) in [5, 5.41) is 24.3. The van der Waals surface area contributed by atoms with Crippen LogP contribution in [0.15, 0.2) is 84.9 Å². The van der Waals surface area contributed by atoms with Gasteiger partial charge in [0.15, 0.2) is 12.6 Å². The molecule has 3 aromatic carbocycles. The van der Waals surface area contributed by atoms with Gasteiger partial charge >= 0.3 is 5.97 Å². The van der Waals surface area contributed by atoms with Crippen molar-refractivity contribution in [3.8, 4) is 5.75 Å². The first-order chi connectivity index (χ1) is 17.4. The van der Waals surface area contributed by atoms with Gasteiger partial charge in [-0.25, -0.2) is 4.79 Å². The predicted molar refractivity (Wildman–Crippen MR) is 135 cm³/mol. The number of phenols is 1. The smallest absolute Gasteiger partial charge is 0.348 e. The molecule has 7 nitrogen and oxygen atoms in total. The van der Waals surface area contributed by atoms with Gasteiger partial charge in [-0.15, -0.1) is 0 Å². The summed E-state index contributed by atoms with van der Waals surface area (Å²) in [4.78, 5) is 26.5. The molecule has 186 valence electrons. The number of piperidine rings is 3. The van der Waals surface area contributed by atoms with Crippen LogP contribution < -0.4 is 5.32 Å². The number of esters is 1. The average Bonchev–Trinajstić information content (AvgIpc) is 2.89. The molecule has 3 fully saturated rings. The molecule has 6 rings (SSSR count). The van der Waals surface area contributed by atoms with Crippen molar-refractivity contribution >= 4 is 17.6 Å². The van der Waals surface area contributed by atoms with Gasteiger partial charge in [0.1, 0.15) is 12.3 Å². The summed E-state index contributed by atoms with van der Waals surface area (Å²) >= 11 is 0. The van der Waals surface area contributed by atoms with E-state index in [-0.39, 0.29) is 30.2 Å². The number of hydrogen-bond donors (Lipinski definition) is 3. The van der Waals surface area contributed by atoms with Crippen LogP contribution in [0.5, 0.6) is 5.75 Å². The van der Waals surface area contributed by atoms with Gasteiger partial charge in [0.2, 0.25) is 5.60 Å². The maximum absolute atomic E-state index is 13.6. The Balaban J connectivity index is 1.33. The number of rotatable bonds is 7. The summed E-state index contributed by atoms with van der Waals surface area (Å²) in [7, 11) is 0. The summed E-state index contributed by atoms with van der Waals surface area (Å²) in [6.07, 6.45) is 1.33. The van der Waals surface area contributed by atoms with E-state index in [0.29, 0.717) is 27.8 Å². The number of carbonyl (C=O) groups excluding carboxylic acids is 2. The van der Waals surface area contributed by atoms with E-state index in [1.54, 1.807) is 66.7 Å². The summed E-state index contributed by atoms with van der Waals surface area (Å²) < 4.78 is 6.61. The van der Waals surface area contributed by atoms with Gasteiger partial charge < -0.3 is 24.7 Å². The zero-order valence-corrected chi connectivity index (χ0v) is 20.0. The molecule has 0 unspecified atom stereocenters. The van der Waals surface area contributed by atoms with E-state index in [9.17, 15) is 19.8 Å². The van der Waals surface area contributed by atoms with Crippen LogP contribution in [0.25, 0.3) is 0 Å². The second kappa shape index (κ2) is 9.76. The maximum Gasteiger partial charge on any atom is 0.348 e. The molecule has 3 heterocycles. The van der Waals surface area contributed by atoms with E-state index in [1.807, 2.05) is 12.1 Å². The van der Waals surface area contributed by atoms with Crippen molar-refractivity contribution < 1.29 is 29.0 Å². The summed E-state index contributed by atoms with van der Waals surface area (Å²) in [6, 6.07) is 24.2. The minimum atomic E-state index is -1.92. The molecule has 0 radical (unpaired) electrons. The van der Waals surface area contributed by atoms with Crippen LogP contribution in [0.1, 0.15) is 24.0 Å². The van der Waals surface area contributed by atoms with Crippen molar-refractivity contribution in [1.82, 2.24) is 0 Å². The fourth-order valence-electron chi connectivity index (χ4n) is 5.65. The summed E-state index contributed by atoms with van der Waals surface area (Å²) in [6.45, 7) is 2.48. The number of quaternary nitrogens is 1. The van der Waals surface area contributed by atoms with Crippen molar-refractivity contribution in [3.05, 3.63) is 96.1 Å². The molecule has 1 amide bonds. The van der Waals surface area contributed by atoms with E-state index < -0.39 is 11.6 Å². The van der Waals surface area contributed by atoms with E-state index in [2.05, 4.69) is 5.32 Å². The highest BCUT2D eigenvalue weighted by atomic mass is 16.6. The van der Waals surface area contributed by atoms with Crippen molar-refractivity contribution in [3.63, 3.8) is 0 Å². The molecular weight excluding hydrogens is 456 g/mol. The first-order valence-corrected chi connectivity index (χ1v) is 12.4. The number of nitrogens with one attached hydrogen (secondary N) is 1. The monoisotopic (exact) mass is 487 g/mol. The first kappa shape index (κ1) is 24.0. The van der Waals surface area contributed by atoms with E-state index in [1.165, 1.54) is 6.07 Å². The van der Waals surface area contributed by atoms with E-state index in [4.69, 9.17) is 4.74 Å². The van der Waals surface area contributed by atoms with Gasteiger partial charge in [0, 0.05) is 30.5 Å². The van der Waals surface area contributed by atoms with Crippen molar-refractivity contribution in [2.45, 2.75) is 24.5 Å². The second-order valence-electron chi connectivity index (χ2n) is 9.95. The molecule has 3 N–H and O–H groups in total. The van der Waals surface area contributed by atoms with Crippen LogP contribution in [-0.4, -0.2) is 58.9 Å². The minimum absolute atomic E-state index is 0.0925. The average molecular weight is 488 g/mol. The lowest BCUT2D eigenvalue weighted by atomic mass is 9.82. The van der Waals surface area contributed by atoms with Gasteiger partial charge in [-0.1, -0.05) is 66.7 Å². The lowest BCUT2D eigenvalue weighted by Crippen LogP contribution is -2.66. The van der Waals surface area contributed by atoms with Crippen molar-refractivity contribution in [2.75, 3.05) is 31.5 Å². The number of nitrogens with zero attached hydrogens (tertiary/aromatic N) is 1. The van der Waals surface area contributed by atoms with Crippen LogP contribution >= 0.6 is 0 Å². The largest absolute Gasteiger partial charge is 0.508 e. The number of benzene rings is 3. The molecule has 3 aliphatic heterocycles. The quantitative estimate of drug-likeness (QED) is 0.351. The number of amides is 1. The fraction of sp³-hybridized carbons (Fsp3) is 0.310. The minimum Gasteiger partial charge on any atom is -0.508 e. The molecule has 0 saturated carbocycles. The molecular formula is C29H31N2O5+. The van der Waals surface area contributed by atoms with Gasteiger partial charge in [0.05, 0.1) is 13.1 Å². The fourth-order valence-corrected chi connectivity index (χ4v) is 5.65. The molecule has 1 atom stereocenters. The van der Waals surface area contributed by atoms with Crippen LogP contribution in [-0.2, 0) is 19.9 Å². The maximum atomic E-state index is 13.6. The Morgan fingerprint density at radius 2 is 1.53 bits per heavy atom. The van der Waals surface area contributed by atoms with Crippen molar-refractivity contribution in [2.24, 2.45) is 5.92 Å². The Labute approximate surface area is 210 Å². The highest BCUT2D eigenvalue weighted by Crippen LogP contribution is 2.38. The van der Waals surface area contributed by atoms with Gasteiger partial charge in [-0.3, -0.25) is 4.79 Å². The number of fused-ring (bicyclic) bond motifs is 3. The van der Waals surface area contributed by atoms with Crippen LogP contribution in [0, 0.1) is 5.92 Å². The predicted octanol–water partition coefficient (Wildman–Crippen LogP) is 3.42. The lowest BCUT2D eigenvalue weighted by molar-refractivity contribution is -0.939. The zero-order valence-electron chi connectivity index (χ0n) is 20.0. The Morgan fingerprint density at radius 1 is 0.917 bits per heavy atom. The number of aromatic hydroxyl groups is 1. The molecule has 0 aliphatic carbocycles. The molecule has 7 heteroatoms. The third kappa shape index (κ3) is 4.72. The highest BCUT2D eigenvalue weighted by molar-refractivity contribution is 5.91. The van der Waals surface area contributed by atoms with Gasteiger partial charge in [-0.05, 0) is 23.3 Å². The van der Waals surface area contributed by atoms with Crippen molar-refractivity contribution in [1.29, 1.82) is 0 Å². The first-order valence-electron chi connectivity index (χ1n) is 12.4. The zero-order chi connectivity index (χ0) is 25.2. The standard InChI is InChI=1S/C29H30N2O5/c32-25-13-7-12-24(18-25)30-27(33)20-31-16-14-21(15-17-31)26(19-31)36-28(34)29(35,22-8-3-1-4-9-22)23-10-5-2-6-11-23/h1-13,18,21,26,35H,14-17,19-20H2,(H-,30,32,33)/p+1/t21?,26-,31?/m0/s1. The lowest BCUT2D eigenvalue weighted by Gasteiger charge is -2.51. The Morgan fingerprint density at radius 3 is 2.11 bits per heavy atom. The van der Waals surface area contributed by atoms with Gasteiger partial charge in [0.25, 0.3) is 5.91 Å². The molecule has 2 bridgehead atoms. The molecule has 36 heavy (non-hydrogen) atoms. The SMILES string of the molecule is O=C(C[N+]12CCC(CC1)[C@@H](OC(=O)C(O)(c1ccccc1)c1ccccc1)C2)Nc1cccc(O)c1. The molecule has 3 aliphatic rings. The van der Waals surface area contributed by atoms with E-state index >= 15 is 0 Å². The number of aliphatic hydroxyl groups is 1. The summed E-state index contributed by atoms with van der Waals surface area (Å²) in [5.41, 5.74) is -0.468. The molecule has 3 saturated heterocycles. The highest BCUT2D eigenvalue weighted by Gasteiger charge is 2.51. The van der Waals surface area contributed by atoms with Gasteiger partial charge in [-0.2, -0.15) is 0 Å². The third-order valence-electron chi connectivity index (χ3n) is 7.59. The normalized spacial score (nSPS) is 23.1. The number of phenolic OH excluding ortho intramolecular Hbond substituents is 1. The topological polar surface area (TPSA) is 95.9 Å². The number of ether oxygens (including phenoxy) is 1. The molecule has 3 aromatic rings. The van der Waals surface area contributed by atoms with Crippen LogP contribution in [0.3, 0.4) is 0 Å². The Kier molecular flexibility index (Phi) is 6.51.